The highest BCUT2D eigenvalue weighted by Gasteiger charge is 2.31. The number of anilines is 1. The van der Waals surface area contributed by atoms with Gasteiger partial charge in [-0.25, -0.2) is 0 Å². The molecule has 1 aromatic carbocycles. The molecular weight excluding hydrogens is 469 g/mol. The van der Waals surface area contributed by atoms with E-state index in [0.717, 1.165) is 60.6 Å². The Morgan fingerprint density at radius 2 is 2.06 bits per heavy atom. The number of hydrogen-bond acceptors (Lipinski definition) is 5. The molecule has 164 valence electrons. The number of rotatable bonds is 5. The van der Waals surface area contributed by atoms with Crippen molar-refractivity contribution in [2.75, 3.05) is 11.1 Å². The van der Waals surface area contributed by atoms with Gasteiger partial charge in [0.1, 0.15) is 0 Å². The predicted octanol–water partition coefficient (Wildman–Crippen LogP) is 5.83. The van der Waals surface area contributed by atoms with E-state index < -0.39 is 17.6 Å². The first kappa shape index (κ1) is 22.2. The molecule has 1 aliphatic rings. The van der Waals surface area contributed by atoms with Crippen LogP contribution in [0.2, 0.25) is 5.02 Å². The Morgan fingerprint density at radius 3 is 2.84 bits per heavy atom. The molecule has 1 N–H and O–H groups in total. The van der Waals surface area contributed by atoms with Gasteiger partial charge in [-0.1, -0.05) is 23.4 Å². The van der Waals surface area contributed by atoms with Gasteiger partial charge in [-0.15, -0.1) is 21.5 Å². The number of amides is 1. The van der Waals surface area contributed by atoms with Crippen LogP contribution in [0.3, 0.4) is 0 Å². The first-order valence-electron chi connectivity index (χ1n) is 9.52. The number of aromatic nitrogens is 3. The topological polar surface area (TPSA) is 59.8 Å². The van der Waals surface area contributed by atoms with Gasteiger partial charge in [0.2, 0.25) is 5.91 Å². The largest absolute Gasteiger partial charge is 0.416 e. The van der Waals surface area contributed by atoms with Crippen molar-refractivity contribution >= 4 is 46.3 Å². The lowest BCUT2D eigenvalue weighted by Gasteiger charge is -2.12. The number of nitrogens with one attached hydrogen (secondary N) is 1. The summed E-state index contributed by atoms with van der Waals surface area (Å²) in [6.45, 7) is 0. The number of thiophene rings is 1. The number of carbonyl (C=O) groups excluding carboxylic acids is 1. The van der Waals surface area contributed by atoms with Gasteiger partial charge in [0.05, 0.1) is 22.0 Å². The molecular formula is C20H18ClF3N4OS2. The third-order valence-electron chi connectivity index (χ3n) is 5.04. The van der Waals surface area contributed by atoms with E-state index in [1.165, 1.54) is 16.9 Å². The van der Waals surface area contributed by atoms with Gasteiger partial charge in [-0.3, -0.25) is 4.79 Å². The van der Waals surface area contributed by atoms with Crippen LogP contribution in [0.1, 0.15) is 28.8 Å². The Kier molecular flexibility index (Phi) is 6.32. The number of hydrogen-bond donors (Lipinski definition) is 1. The molecule has 0 unspecified atom stereocenters. The molecule has 2 aromatic heterocycles. The highest BCUT2D eigenvalue weighted by molar-refractivity contribution is 7.99. The van der Waals surface area contributed by atoms with Crippen molar-refractivity contribution in [3.63, 3.8) is 0 Å². The van der Waals surface area contributed by atoms with Crippen molar-refractivity contribution < 1.29 is 18.0 Å². The molecule has 0 atom stereocenters. The molecule has 31 heavy (non-hydrogen) atoms. The van der Waals surface area contributed by atoms with Gasteiger partial charge >= 0.3 is 6.18 Å². The van der Waals surface area contributed by atoms with E-state index in [4.69, 9.17) is 11.6 Å². The van der Waals surface area contributed by atoms with Crippen LogP contribution in [0.5, 0.6) is 0 Å². The fraction of sp³-hybridized carbons (Fsp3) is 0.350. The highest BCUT2D eigenvalue weighted by Crippen LogP contribution is 2.37. The summed E-state index contributed by atoms with van der Waals surface area (Å²) in [7, 11) is 1.84. The van der Waals surface area contributed by atoms with Gasteiger partial charge in [0, 0.05) is 22.9 Å². The van der Waals surface area contributed by atoms with Gasteiger partial charge in [0.25, 0.3) is 0 Å². The molecule has 3 aromatic rings. The van der Waals surface area contributed by atoms with Gasteiger partial charge in [-0.05, 0) is 49.4 Å². The van der Waals surface area contributed by atoms with Crippen LogP contribution >= 0.6 is 34.7 Å². The van der Waals surface area contributed by atoms with Gasteiger partial charge in [0.15, 0.2) is 11.0 Å². The normalized spacial score (nSPS) is 13.8. The molecule has 1 amide bonds. The smallest absolute Gasteiger partial charge is 0.324 e. The second-order valence-corrected chi connectivity index (χ2v) is 9.47. The Labute approximate surface area is 190 Å². The number of thioether (sulfide) groups is 1. The summed E-state index contributed by atoms with van der Waals surface area (Å²) in [5, 5.41) is 13.6. The molecule has 0 aliphatic heterocycles. The fourth-order valence-corrected chi connectivity index (χ4v) is 5.47. The molecule has 5 nitrogen and oxygen atoms in total. The second kappa shape index (κ2) is 8.84. The van der Waals surface area contributed by atoms with Crippen LogP contribution in [0.15, 0.2) is 28.7 Å². The first-order chi connectivity index (χ1) is 14.7. The van der Waals surface area contributed by atoms with Crippen LogP contribution in [0, 0.1) is 0 Å². The second-order valence-electron chi connectivity index (χ2n) is 7.15. The van der Waals surface area contributed by atoms with E-state index in [-0.39, 0.29) is 16.5 Å². The van der Waals surface area contributed by atoms with Crippen molar-refractivity contribution in [3.05, 3.63) is 44.6 Å². The Hall–Kier alpha value is -2.04. The number of alkyl halides is 3. The zero-order chi connectivity index (χ0) is 22.2. The van der Waals surface area contributed by atoms with Crippen molar-refractivity contribution in [1.82, 2.24) is 14.8 Å². The first-order valence-corrected chi connectivity index (χ1v) is 11.8. The predicted molar refractivity (Wildman–Crippen MR) is 117 cm³/mol. The Balaban J connectivity index is 1.44. The van der Waals surface area contributed by atoms with Crippen LogP contribution in [0.4, 0.5) is 18.9 Å². The van der Waals surface area contributed by atoms with E-state index in [1.54, 1.807) is 11.3 Å². The zero-order valence-electron chi connectivity index (χ0n) is 16.4. The van der Waals surface area contributed by atoms with Gasteiger partial charge in [-0.2, -0.15) is 13.2 Å². The molecule has 0 bridgehead atoms. The maximum Gasteiger partial charge on any atom is 0.416 e. The summed E-state index contributed by atoms with van der Waals surface area (Å²) in [5.74, 6) is 0.229. The van der Waals surface area contributed by atoms with E-state index in [1.807, 2.05) is 11.6 Å². The number of halogens is 4. The lowest BCUT2D eigenvalue weighted by molar-refractivity contribution is -0.137. The SMILES string of the molecule is Cn1c(SCC(=O)Nc2cc(C(F)(F)F)ccc2Cl)nnc1-c1csc2c1CCCC2. The highest BCUT2D eigenvalue weighted by atomic mass is 35.5. The number of fused-ring (bicyclic) bond motifs is 1. The summed E-state index contributed by atoms with van der Waals surface area (Å²) >= 11 is 8.84. The minimum absolute atomic E-state index is 0.0366. The summed E-state index contributed by atoms with van der Waals surface area (Å²) in [5.41, 5.74) is 1.46. The number of aryl methyl sites for hydroxylation is 1. The minimum Gasteiger partial charge on any atom is -0.324 e. The number of carbonyl (C=O) groups is 1. The van der Waals surface area contributed by atoms with E-state index in [2.05, 4.69) is 20.9 Å². The zero-order valence-corrected chi connectivity index (χ0v) is 18.8. The monoisotopic (exact) mass is 486 g/mol. The quantitative estimate of drug-likeness (QED) is 0.461. The summed E-state index contributed by atoms with van der Waals surface area (Å²) < 4.78 is 40.5. The minimum atomic E-state index is -4.52. The molecule has 0 radical (unpaired) electrons. The van der Waals surface area contributed by atoms with Gasteiger partial charge < -0.3 is 9.88 Å². The van der Waals surface area contributed by atoms with Crippen molar-refractivity contribution in [1.29, 1.82) is 0 Å². The molecule has 0 saturated carbocycles. The molecule has 1 aliphatic carbocycles. The molecule has 11 heteroatoms. The third-order valence-corrected chi connectivity index (χ3v) is 7.48. The van der Waals surface area contributed by atoms with Crippen LogP contribution in [0.25, 0.3) is 11.4 Å². The lowest BCUT2D eigenvalue weighted by atomic mass is 9.96. The van der Waals surface area contributed by atoms with Crippen LogP contribution in [-0.2, 0) is 30.9 Å². The van der Waals surface area contributed by atoms with Crippen molar-refractivity contribution in [2.45, 2.75) is 37.0 Å². The average Bonchev–Trinajstić information content (AvgIpc) is 3.30. The molecule has 0 fully saturated rings. The Morgan fingerprint density at radius 1 is 1.29 bits per heavy atom. The molecule has 2 heterocycles. The summed E-state index contributed by atoms with van der Waals surface area (Å²) in [6, 6.07) is 2.81. The van der Waals surface area contributed by atoms with E-state index in [0.29, 0.717) is 5.16 Å². The van der Waals surface area contributed by atoms with Crippen LogP contribution in [-0.4, -0.2) is 26.4 Å². The Bertz CT molecular complexity index is 1130. The fourth-order valence-electron chi connectivity index (χ4n) is 3.47. The number of nitrogens with zero attached hydrogens (tertiary/aromatic N) is 3. The summed E-state index contributed by atoms with van der Waals surface area (Å²) in [4.78, 5) is 13.7. The van der Waals surface area contributed by atoms with E-state index in [9.17, 15) is 18.0 Å². The van der Waals surface area contributed by atoms with Crippen LogP contribution < -0.4 is 5.32 Å². The van der Waals surface area contributed by atoms with E-state index >= 15 is 0 Å². The van der Waals surface area contributed by atoms with Crippen molar-refractivity contribution in [2.24, 2.45) is 7.05 Å². The summed E-state index contributed by atoms with van der Waals surface area (Å²) in [6.07, 6.45) is -0.0254. The maximum atomic E-state index is 12.9. The standard InChI is InChI=1S/C20H18ClF3N4OS2/c1-28-18(13-9-30-16-5-3-2-4-12(13)16)26-27-19(28)31-10-17(29)25-15-8-11(20(22,23)24)6-7-14(15)21/h6-9H,2-5,10H2,1H3,(H,25,29). The lowest BCUT2D eigenvalue weighted by Crippen LogP contribution is -2.16. The third kappa shape index (κ3) is 4.75. The molecule has 0 spiro atoms. The maximum absolute atomic E-state index is 12.9. The number of benzene rings is 1. The molecule has 4 rings (SSSR count). The molecule has 0 saturated heterocycles. The van der Waals surface area contributed by atoms with Crippen molar-refractivity contribution in [3.8, 4) is 11.4 Å². The average molecular weight is 487 g/mol.